The highest BCUT2D eigenvalue weighted by atomic mass is 35.5. The Labute approximate surface area is 155 Å². The van der Waals surface area contributed by atoms with E-state index in [1.165, 1.54) is 18.7 Å². The summed E-state index contributed by atoms with van der Waals surface area (Å²) in [6, 6.07) is 14.4. The molecule has 136 valence electrons. The zero-order chi connectivity index (χ0) is 18.7. The molecule has 0 aliphatic carbocycles. The molecule has 0 bridgehead atoms. The van der Waals surface area contributed by atoms with E-state index >= 15 is 0 Å². The van der Waals surface area contributed by atoms with Crippen LogP contribution in [0, 0.1) is 0 Å². The molecule has 0 saturated heterocycles. The molecule has 0 fully saturated rings. The normalized spacial score (nSPS) is 13.5. The lowest BCUT2D eigenvalue weighted by atomic mass is 9.79. The van der Waals surface area contributed by atoms with Gasteiger partial charge < -0.3 is 4.74 Å². The minimum absolute atomic E-state index is 0.0480. The van der Waals surface area contributed by atoms with Gasteiger partial charge in [-0.2, -0.15) is 0 Å². The van der Waals surface area contributed by atoms with Crippen LogP contribution in [0.2, 0.25) is 5.02 Å². The number of rotatable bonds is 7. The van der Waals surface area contributed by atoms with E-state index in [4.69, 9.17) is 16.3 Å². The Morgan fingerprint density at radius 1 is 1.16 bits per heavy atom. The zero-order valence-corrected chi connectivity index (χ0v) is 16.5. The van der Waals surface area contributed by atoms with Gasteiger partial charge in [0.15, 0.2) is 0 Å². The predicted octanol–water partition coefficient (Wildman–Crippen LogP) is 4.38. The van der Waals surface area contributed by atoms with Crippen LogP contribution in [-0.2, 0) is 15.4 Å². The second-order valence-electron chi connectivity index (χ2n) is 6.77. The van der Waals surface area contributed by atoms with Crippen molar-refractivity contribution >= 4 is 21.6 Å². The topological polar surface area (TPSA) is 55.4 Å². The summed E-state index contributed by atoms with van der Waals surface area (Å²) < 4.78 is 33.4. The lowest BCUT2D eigenvalue weighted by molar-refractivity contribution is 0.399. The molecule has 0 aromatic heterocycles. The second-order valence-corrected chi connectivity index (χ2v) is 8.89. The molecule has 25 heavy (non-hydrogen) atoms. The first kappa shape index (κ1) is 19.8. The summed E-state index contributed by atoms with van der Waals surface area (Å²) in [6.07, 6.45) is 0.652. The molecule has 0 spiro atoms. The van der Waals surface area contributed by atoms with Crippen molar-refractivity contribution in [1.29, 1.82) is 0 Å². The molecule has 2 aromatic rings. The van der Waals surface area contributed by atoms with Crippen molar-refractivity contribution in [1.82, 2.24) is 4.72 Å². The third kappa shape index (κ3) is 4.97. The van der Waals surface area contributed by atoms with Crippen molar-refractivity contribution in [2.75, 3.05) is 7.11 Å². The van der Waals surface area contributed by atoms with Crippen molar-refractivity contribution in [3.05, 3.63) is 59.1 Å². The maximum Gasteiger partial charge on any atom is 0.244 e. The highest BCUT2D eigenvalue weighted by molar-refractivity contribution is 7.89. The third-order valence-corrected chi connectivity index (χ3v) is 5.99. The minimum Gasteiger partial charge on any atom is -0.495 e. The molecule has 1 atom stereocenters. The lowest BCUT2D eigenvalue weighted by Crippen LogP contribution is -2.37. The van der Waals surface area contributed by atoms with Gasteiger partial charge in [-0.05, 0) is 42.5 Å². The Balaban J connectivity index is 2.19. The predicted molar refractivity (Wildman–Crippen MR) is 102 cm³/mol. The second kappa shape index (κ2) is 7.77. The third-order valence-electron chi connectivity index (χ3n) is 4.14. The van der Waals surface area contributed by atoms with Crippen LogP contribution in [0.25, 0.3) is 0 Å². The van der Waals surface area contributed by atoms with Crippen molar-refractivity contribution in [3.8, 4) is 5.75 Å². The first-order valence-corrected chi connectivity index (χ1v) is 9.93. The van der Waals surface area contributed by atoms with Crippen molar-refractivity contribution in [3.63, 3.8) is 0 Å². The fourth-order valence-corrected chi connectivity index (χ4v) is 4.68. The lowest BCUT2D eigenvalue weighted by Gasteiger charge is -2.29. The molecule has 1 N–H and O–H groups in total. The van der Waals surface area contributed by atoms with Crippen molar-refractivity contribution in [2.24, 2.45) is 0 Å². The highest BCUT2D eigenvalue weighted by Crippen LogP contribution is 2.30. The molecule has 0 radical (unpaired) electrons. The Bertz CT molecular complexity index is 820. The molecule has 0 aliphatic rings. The molecular formula is C19H24ClNO3S. The van der Waals surface area contributed by atoms with Gasteiger partial charge in [-0.3, -0.25) is 0 Å². The molecule has 0 heterocycles. The van der Waals surface area contributed by atoms with E-state index in [1.54, 1.807) is 12.1 Å². The summed E-state index contributed by atoms with van der Waals surface area (Å²) >= 11 is 5.96. The number of nitrogens with one attached hydrogen (secondary N) is 1. The van der Waals surface area contributed by atoms with Crippen molar-refractivity contribution in [2.45, 2.75) is 43.5 Å². The van der Waals surface area contributed by atoms with E-state index in [2.05, 4.69) is 30.7 Å². The molecule has 0 aliphatic heterocycles. The van der Waals surface area contributed by atoms with E-state index in [0.29, 0.717) is 11.4 Å². The highest BCUT2D eigenvalue weighted by Gasteiger charge is 2.27. The summed E-state index contributed by atoms with van der Waals surface area (Å²) in [6.45, 7) is 6.07. The monoisotopic (exact) mass is 381 g/mol. The van der Waals surface area contributed by atoms with E-state index in [1.807, 2.05) is 25.1 Å². The fraction of sp³-hybridized carbons (Fsp3) is 0.368. The van der Waals surface area contributed by atoms with Crippen LogP contribution in [0.5, 0.6) is 5.75 Å². The Hall–Kier alpha value is -1.56. The summed E-state index contributed by atoms with van der Waals surface area (Å²) in [4.78, 5) is 0.0480. The average Bonchev–Trinajstić information content (AvgIpc) is 2.54. The Kier molecular flexibility index (Phi) is 6.14. The zero-order valence-electron chi connectivity index (χ0n) is 14.9. The van der Waals surface area contributed by atoms with Gasteiger partial charge in [0.05, 0.1) is 7.11 Å². The maximum absolute atomic E-state index is 12.7. The number of methoxy groups -OCH3 is 1. The first-order valence-electron chi connectivity index (χ1n) is 8.07. The molecule has 0 saturated carbocycles. The quantitative estimate of drug-likeness (QED) is 0.774. The number of sulfonamides is 1. The van der Waals surface area contributed by atoms with E-state index in [-0.39, 0.29) is 22.1 Å². The average molecular weight is 382 g/mol. The van der Waals surface area contributed by atoms with Gasteiger partial charge in [0, 0.05) is 11.1 Å². The van der Waals surface area contributed by atoms with Gasteiger partial charge in [-0.25, -0.2) is 13.1 Å². The molecule has 6 heteroatoms. The first-order chi connectivity index (χ1) is 11.7. The molecule has 2 aromatic carbocycles. The molecule has 0 amide bonds. The van der Waals surface area contributed by atoms with Crippen LogP contribution in [-0.4, -0.2) is 21.6 Å². The maximum atomic E-state index is 12.7. The van der Waals surface area contributed by atoms with Crippen LogP contribution in [0.15, 0.2) is 53.4 Å². The van der Waals surface area contributed by atoms with Crippen LogP contribution >= 0.6 is 11.6 Å². The molecule has 2 rings (SSSR count). The van der Waals surface area contributed by atoms with Crippen LogP contribution < -0.4 is 9.46 Å². The van der Waals surface area contributed by atoms with Gasteiger partial charge in [-0.15, -0.1) is 0 Å². The number of halogens is 1. The fourth-order valence-electron chi connectivity index (χ4n) is 3.00. The SMILES string of the molecule is COc1ccc(Cl)cc1S(=O)(=O)N[C@H](C)CC(C)(C)c1ccccc1. The van der Waals surface area contributed by atoms with Crippen LogP contribution in [0.4, 0.5) is 0 Å². The van der Waals surface area contributed by atoms with Crippen molar-refractivity contribution < 1.29 is 13.2 Å². The molecule has 0 unspecified atom stereocenters. The van der Waals surface area contributed by atoms with Crippen LogP contribution in [0.1, 0.15) is 32.8 Å². The van der Waals surface area contributed by atoms with E-state index in [0.717, 1.165) is 0 Å². The largest absolute Gasteiger partial charge is 0.495 e. The van der Waals surface area contributed by atoms with Gasteiger partial charge in [0.2, 0.25) is 10.0 Å². The Morgan fingerprint density at radius 2 is 1.80 bits per heavy atom. The smallest absolute Gasteiger partial charge is 0.244 e. The number of benzene rings is 2. The van der Waals surface area contributed by atoms with Crippen LogP contribution in [0.3, 0.4) is 0 Å². The molecule has 4 nitrogen and oxygen atoms in total. The Morgan fingerprint density at radius 3 is 2.40 bits per heavy atom. The standard InChI is InChI=1S/C19H24ClNO3S/c1-14(13-19(2,3)15-8-6-5-7-9-15)21-25(22,23)18-12-16(20)10-11-17(18)24-4/h5-12,14,21H,13H2,1-4H3/t14-/m1/s1. The van der Waals surface area contributed by atoms with Gasteiger partial charge in [0.25, 0.3) is 0 Å². The van der Waals surface area contributed by atoms with E-state index in [9.17, 15) is 8.42 Å². The minimum atomic E-state index is -3.74. The van der Waals surface area contributed by atoms with Gasteiger partial charge >= 0.3 is 0 Å². The summed E-state index contributed by atoms with van der Waals surface area (Å²) in [5.74, 6) is 0.270. The number of hydrogen-bond acceptors (Lipinski definition) is 3. The number of hydrogen-bond donors (Lipinski definition) is 1. The van der Waals surface area contributed by atoms with Gasteiger partial charge in [0.1, 0.15) is 10.6 Å². The van der Waals surface area contributed by atoms with Gasteiger partial charge in [-0.1, -0.05) is 55.8 Å². The number of ether oxygens (including phenoxy) is 1. The summed E-state index contributed by atoms with van der Waals surface area (Å²) in [5, 5.41) is 0.346. The molecular weight excluding hydrogens is 358 g/mol. The summed E-state index contributed by atoms with van der Waals surface area (Å²) in [5.41, 5.74) is 1.00. The van der Waals surface area contributed by atoms with E-state index < -0.39 is 10.0 Å². The summed E-state index contributed by atoms with van der Waals surface area (Å²) in [7, 11) is -2.30.